The van der Waals surface area contributed by atoms with Crippen LogP contribution in [0.1, 0.15) is 27.2 Å². The largest absolute Gasteiger partial charge is 0.395 e. The number of aliphatic hydroxyl groups excluding tert-OH is 1. The summed E-state index contributed by atoms with van der Waals surface area (Å²) in [5.41, 5.74) is 0.448. The van der Waals surface area contributed by atoms with Gasteiger partial charge in [0.25, 0.3) is 0 Å². The molecule has 1 rings (SSSR count). The molecule has 0 aromatic heterocycles. The molecule has 12 heavy (non-hydrogen) atoms. The lowest BCUT2D eigenvalue weighted by molar-refractivity contribution is -0.0441. The van der Waals surface area contributed by atoms with Gasteiger partial charge in [-0.1, -0.05) is 20.8 Å². The minimum atomic E-state index is 0.274. The highest BCUT2D eigenvalue weighted by Crippen LogP contribution is 2.47. The van der Waals surface area contributed by atoms with Crippen LogP contribution in [-0.2, 0) is 0 Å². The van der Waals surface area contributed by atoms with Gasteiger partial charge in [0.15, 0.2) is 0 Å². The molecule has 0 aromatic carbocycles. The smallest absolute Gasteiger partial charge is 0.0558 e. The Balaban J connectivity index is 2.49. The second kappa shape index (κ2) is 3.35. The van der Waals surface area contributed by atoms with Crippen molar-refractivity contribution in [3.63, 3.8) is 0 Å². The van der Waals surface area contributed by atoms with E-state index in [-0.39, 0.29) is 6.61 Å². The van der Waals surface area contributed by atoms with Crippen molar-refractivity contribution < 1.29 is 5.11 Å². The monoisotopic (exact) mass is 171 g/mol. The van der Waals surface area contributed by atoms with E-state index in [4.69, 9.17) is 5.11 Å². The van der Waals surface area contributed by atoms with Gasteiger partial charge in [-0.15, -0.1) is 0 Å². The molecule has 0 heterocycles. The lowest BCUT2D eigenvalue weighted by atomic mass is 9.60. The highest BCUT2D eigenvalue weighted by molar-refractivity contribution is 4.99. The summed E-state index contributed by atoms with van der Waals surface area (Å²) in [6.07, 6.45) is 1.31. The Morgan fingerprint density at radius 1 is 1.50 bits per heavy atom. The van der Waals surface area contributed by atoms with Gasteiger partial charge in [-0.3, -0.25) is 0 Å². The molecule has 1 fully saturated rings. The molecule has 0 saturated heterocycles. The van der Waals surface area contributed by atoms with Crippen molar-refractivity contribution in [3.05, 3.63) is 0 Å². The van der Waals surface area contributed by atoms with Crippen LogP contribution < -0.4 is 0 Å². The number of hydrogen-bond donors (Lipinski definition) is 1. The average Bonchev–Trinajstić information content (AvgIpc) is 1.84. The summed E-state index contributed by atoms with van der Waals surface area (Å²) < 4.78 is 0. The van der Waals surface area contributed by atoms with Crippen LogP contribution in [0.2, 0.25) is 0 Å². The first-order chi connectivity index (χ1) is 5.49. The van der Waals surface area contributed by atoms with Crippen molar-refractivity contribution in [3.8, 4) is 0 Å². The van der Waals surface area contributed by atoms with E-state index >= 15 is 0 Å². The zero-order chi connectivity index (χ0) is 9.35. The van der Waals surface area contributed by atoms with Crippen LogP contribution in [0.4, 0.5) is 0 Å². The maximum Gasteiger partial charge on any atom is 0.0558 e. The Morgan fingerprint density at radius 3 is 2.42 bits per heavy atom. The van der Waals surface area contributed by atoms with Crippen molar-refractivity contribution in [2.75, 3.05) is 20.2 Å². The minimum Gasteiger partial charge on any atom is -0.395 e. The van der Waals surface area contributed by atoms with Crippen LogP contribution in [-0.4, -0.2) is 36.2 Å². The molecule has 1 N–H and O–H groups in total. The Morgan fingerprint density at radius 2 is 2.08 bits per heavy atom. The van der Waals surface area contributed by atoms with Gasteiger partial charge in [-0.2, -0.15) is 0 Å². The molecule has 0 amide bonds. The third kappa shape index (κ3) is 1.64. The van der Waals surface area contributed by atoms with E-state index in [0.29, 0.717) is 11.5 Å². The third-order valence-electron chi connectivity index (χ3n) is 3.12. The Hall–Kier alpha value is -0.0800. The normalized spacial score (nSPS) is 33.5. The lowest BCUT2D eigenvalue weighted by Crippen LogP contribution is -2.57. The number of hydrogen-bond acceptors (Lipinski definition) is 2. The highest BCUT2D eigenvalue weighted by Gasteiger charge is 2.46. The van der Waals surface area contributed by atoms with E-state index in [1.54, 1.807) is 0 Å². The zero-order valence-electron chi connectivity index (χ0n) is 8.67. The zero-order valence-corrected chi connectivity index (χ0v) is 8.67. The van der Waals surface area contributed by atoms with Crippen molar-refractivity contribution in [2.45, 2.75) is 33.2 Å². The maximum atomic E-state index is 8.82. The average molecular weight is 171 g/mol. The standard InChI is InChI=1S/C10H21NO/c1-8-7-10(2,3)9(8)11(4)5-6-12/h8-9,12H,5-7H2,1-4H3. The van der Waals surface area contributed by atoms with Crippen LogP contribution in [0.25, 0.3) is 0 Å². The van der Waals surface area contributed by atoms with Crippen molar-refractivity contribution in [1.82, 2.24) is 4.90 Å². The Kier molecular flexibility index (Phi) is 2.79. The van der Waals surface area contributed by atoms with Crippen LogP contribution in [0, 0.1) is 11.3 Å². The summed E-state index contributed by atoms with van der Waals surface area (Å²) in [7, 11) is 2.11. The minimum absolute atomic E-state index is 0.274. The summed E-state index contributed by atoms with van der Waals surface area (Å²) in [6, 6.07) is 0.657. The molecular formula is C10H21NO. The molecule has 1 aliphatic rings. The molecule has 72 valence electrons. The van der Waals surface area contributed by atoms with Gasteiger partial charge in [-0.05, 0) is 24.8 Å². The van der Waals surface area contributed by atoms with E-state index in [9.17, 15) is 0 Å². The molecule has 2 nitrogen and oxygen atoms in total. The number of nitrogens with zero attached hydrogens (tertiary/aromatic N) is 1. The molecule has 2 atom stereocenters. The molecule has 1 aliphatic carbocycles. The summed E-state index contributed by atoms with van der Waals surface area (Å²) in [5.74, 6) is 0.788. The predicted octanol–water partition coefficient (Wildman–Crippen LogP) is 1.35. The topological polar surface area (TPSA) is 23.5 Å². The molecule has 2 heteroatoms. The summed E-state index contributed by atoms with van der Waals surface area (Å²) in [6.45, 7) is 8.00. The van der Waals surface area contributed by atoms with Gasteiger partial charge < -0.3 is 10.0 Å². The molecule has 0 radical (unpaired) electrons. The fourth-order valence-electron chi connectivity index (χ4n) is 3.00. The van der Waals surface area contributed by atoms with Crippen molar-refractivity contribution in [1.29, 1.82) is 0 Å². The first kappa shape index (κ1) is 10.0. The summed E-state index contributed by atoms with van der Waals surface area (Å²) >= 11 is 0. The van der Waals surface area contributed by atoms with Crippen molar-refractivity contribution >= 4 is 0 Å². The second-order valence-corrected chi connectivity index (χ2v) is 4.82. The van der Waals surface area contributed by atoms with E-state index in [1.165, 1.54) is 6.42 Å². The van der Waals surface area contributed by atoms with Gasteiger partial charge in [0, 0.05) is 12.6 Å². The van der Waals surface area contributed by atoms with Gasteiger partial charge in [-0.25, -0.2) is 0 Å². The number of rotatable bonds is 3. The van der Waals surface area contributed by atoms with Crippen LogP contribution in [0.15, 0.2) is 0 Å². The highest BCUT2D eigenvalue weighted by atomic mass is 16.3. The van der Waals surface area contributed by atoms with E-state index in [1.807, 2.05) is 0 Å². The Labute approximate surface area is 75.6 Å². The van der Waals surface area contributed by atoms with E-state index < -0.39 is 0 Å². The first-order valence-corrected chi connectivity index (χ1v) is 4.80. The Bertz CT molecular complexity index is 156. The number of likely N-dealkylation sites (N-methyl/N-ethyl adjacent to an activating group) is 1. The summed E-state index contributed by atoms with van der Waals surface area (Å²) in [4.78, 5) is 2.29. The van der Waals surface area contributed by atoms with Crippen molar-refractivity contribution in [2.24, 2.45) is 11.3 Å². The first-order valence-electron chi connectivity index (χ1n) is 4.80. The van der Waals surface area contributed by atoms with E-state index in [0.717, 1.165) is 12.5 Å². The van der Waals surface area contributed by atoms with E-state index in [2.05, 4.69) is 32.7 Å². The molecule has 0 aliphatic heterocycles. The SMILES string of the molecule is CC1CC(C)(C)C1N(C)CCO. The lowest BCUT2D eigenvalue weighted by Gasteiger charge is -2.54. The van der Waals surface area contributed by atoms with Gasteiger partial charge >= 0.3 is 0 Å². The van der Waals surface area contributed by atoms with Crippen LogP contribution in [0.5, 0.6) is 0 Å². The van der Waals surface area contributed by atoms with Gasteiger partial charge in [0.05, 0.1) is 6.61 Å². The fraction of sp³-hybridized carbons (Fsp3) is 1.00. The molecule has 0 spiro atoms. The third-order valence-corrected chi connectivity index (χ3v) is 3.12. The fourth-order valence-corrected chi connectivity index (χ4v) is 3.00. The van der Waals surface area contributed by atoms with Crippen LogP contribution in [0.3, 0.4) is 0 Å². The molecule has 0 aromatic rings. The molecular weight excluding hydrogens is 150 g/mol. The second-order valence-electron chi connectivity index (χ2n) is 4.82. The van der Waals surface area contributed by atoms with Gasteiger partial charge in [0.1, 0.15) is 0 Å². The number of aliphatic hydroxyl groups is 1. The maximum absolute atomic E-state index is 8.82. The van der Waals surface area contributed by atoms with Gasteiger partial charge in [0.2, 0.25) is 0 Å². The molecule has 2 unspecified atom stereocenters. The predicted molar refractivity (Wildman–Crippen MR) is 51.1 cm³/mol. The quantitative estimate of drug-likeness (QED) is 0.693. The summed E-state index contributed by atoms with van der Waals surface area (Å²) in [5, 5.41) is 8.82. The molecule has 1 saturated carbocycles. The van der Waals surface area contributed by atoms with Crippen LogP contribution >= 0.6 is 0 Å². The molecule has 0 bridgehead atoms.